The molecule has 1 aromatic rings. The van der Waals surface area contributed by atoms with E-state index < -0.39 is 17.3 Å². The van der Waals surface area contributed by atoms with Gasteiger partial charge in [0.2, 0.25) is 11.8 Å². The minimum atomic E-state index is -1.67. The number of carbonyl (C=O) groups excluding carboxylic acids is 2. The van der Waals surface area contributed by atoms with Gasteiger partial charge in [-0.15, -0.1) is 0 Å². The lowest BCUT2D eigenvalue weighted by atomic mass is 9.67. The van der Waals surface area contributed by atoms with E-state index in [1.165, 1.54) is 0 Å². The van der Waals surface area contributed by atoms with E-state index in [2.05, 4.69) is 5.32 Å². The van der Waals surface area contributed by atoms with Gasteiger partial charge < -0.3 is 20.5 Å². The number of amides is 1. The quantitative estimate of drug-likeness (QED) is 0.790. The second-order valence-electron chi connectivity index (χ2n) is 6.47. The third-order valence-corrected chi connectivity index (χ3v) is 4.74. The Balaban J connectivity index is 2.42. The van der Waals surface area contributed by atoms with Gasteiger partial charge in [-0.2, -0.15) is 5.26 Å². The van der Waals surface area contributed by atoms with Crippen molar-refractivity contribution in [3.05, 3.63) is 52.1 Å². The van der Waals surface area contributed by atoms with Crippen LogP contribution in [-0.4, -0.2) is 18.5 Å². The molecule has 2 aliphatic heterocycles. The second kappa shape index (κ2) is 6.80. The topological polar surface area (TPSA) is 114 Å². The van der Waals surface area contributed by atoms with E-state index in [1.807, 2.05) is 26.0 Å². The summed E-state index contributed by atoms with van der Waals surface area (Å²) >= 11 is 0. The average Bonchev–Trinajstić information content (AvgIpc) is 2.88. The van der Waals surface area contributed by atoms with Crippen LogP contribution in [-0.2, 0) is 24.5 Å². The van der Waals surface area contributed by atoms with Gasteiger partial charge in [0.05, 0.1) is 6.61 Å². The number of ether oxygens (including phenoxy) is 2. The van der Waals surface area contributed by atoms with Crippen molar-refractivity contribution in [3.63, 3.8) is 0 Å². The minimum Gasteiger partial charge on any atom is -0.462 e. The number of allylic oxidation sites excluding steroid dienone is 1. The summed E-state index contributed by atoms with van der Waals surface area (Å²) in [5.74, 6) is -1.11. The standard InChI is InChI=1S/C20H21N3O4/c1-4-6-15-16(18(24)26-5-2)20(13(10-21)17(22)27-15)12-9-11(3)7-8-14(12)23-19(20)25/h7-9H,4-6,22H2,1-3H3,(H,23,25)/t20-/m0/s1. The Hall–Kier alpha value is -3.27. The van der Waals surface area contributed by atoms with Gasteiger partial charge in [-0.1, -0.05) is 24.6 Å². The van der Waals surface area contributed by atoms with Gasteiger partial charge in [-0.3, -0.25) is 4.79 Å². The molecule has 0 aromatic heterocycles. The molecule has 1 amide bonds. The highest BCUT2D eigenvalue weighted by Crippen LogP contribution is 2.52. The summed E-state index contributed by atoms with van der Waals surface area (Å²) in [7, 11) is 0. The first-order valence-electron chi connectivity index (χ1n) is 8.83. The molecular weight excluding hydrogens is 346 g/mol. The highest BCUT2D eigenvalue weighted by molar-refractivity contribution is 6.17. The Labute approximate surface area is 157 Å². The van der Waals surface area contributed by atoms with Gasteiger partial charge >= 0.3 is 5.97 Å². The van der Waals surface area contributed by atoms with Gasteiger partial charge in [0.1, 0.15) is 23.0 Å². The molecule has 1 atom stereocenters. The van der Waals surface area contributed by atoms with E-state index in [-0.39, 0.29) is 29.4 Å². The van der Waals surface area contributed by atoms with Crippen LogP contribution in [0.5, 0.6) is 0 Å². The molecule has 0 fully saturated rings. The largest absolute Gasteiger partial charge is 0.462 e. The molecule has 0 aliphatic carbocycles. The molecule has 140 valence electrons. The number of nitriles is 1. The van der Waals surface area contributed by atoms with Gasteiger partial charge in [-0.05, 0) is 26.3 Å². The van der Waals surface area contributed by atoms with Crippen LogP contribution in [0.25, 0.3) is 0 Å². The number of nitrogens with zero attached hydrogens (tertiary/aromatic N) is 1. The molecule has 0 saturated carbocycles. The number of esters is 1. The summed E-state index contributed by atoms with van der Waals surface area (Å²) in [4.78, 5) is 26.2. The van der Waals surface area contributed by atoms with Gasteiger partial charge in [0, 0.05) is 17.7 Å². The molecule has 27 heavy (non-hydrogen) atoms. The fourth-order valence-electron chi connectivity index (χ4n) is 3.68. The van der Waals surface area contributed by atoms with Crippen LogP contribution in [0.1, 0.15) is 37.8 Å². The van der Waals surface area contributed by atoms with Crippen molar-refractivity contribution in [1.82, 2.24) is 0 Å². The third kappa shape index (κ3) is 2.56. The summed E-state index contributed by atoms with van der Waals surface area (Å²) in [5, 5.41) is 12.6. The highest BCUT2D eigenvalue weighted by Gasteiger charge is 2.60. The number of anilines is 1. The maximum absolute atomic E-state index is 13.3. The second-order valence-corrected chi connectivity index (χ2v) is 6.47. The molecule has 7 heteroatoms. The van der Waals surface area contributed by atoms with Crippen LogP contribution in [0.15, 0.2) is 41.0 Å². The zero-order valence-electron chi connectivity index (χ0n) is 15.5. The van der Waals surface area contributed by atoms with E-state index in [0.29, 0.717) is 24.1 Å². The highest BCUT2D eigenvalue weighted by atomic mass is 16.5. The first-order chi connectivity index (χ1) is 12.9. The fourth-order valence-corrected chi connectivity index (χ4v) is 3.68. The van der Waals surface area contributed by atoms with Crippen molar-refractivity contribution >= 4 is 17.6 Å². The third-order valence-electron chi connectivity index (χ3n) is 4.74. The summed E-state index contributed by atoms with van der Waals surface area (Å²) < 4.78 is 10.9. The van der Waals surface area contributed by atoms with Gasteiger partial charge in [0.15, 0.2) is 5.41 Å². The smallest absolute Gasteiger partial charge is 0.339 e. The molecule has 3 rings (SSSR count). The summed E-state index contributed by atoms with van der Waals surface area (Å²) in [6.07, 6.45) is 1.04. The SMILES string of the molecule is CCCC1=C(C(=O)OCC)[C@@]2(C(=O)Nc3ccc(C)cc32)C(C#N)=C(N)O1. The first kappa shape index (κ1) is 18.5. The van der Waals surface area contributed by atoms with Crippen LogP contribution in [0.2, 0.25) is 0 Å². The Morgan fingerprint density at radius 3 is 2.78 bits per heavy atom. The van der Waals surface area contributed by atoms with E-state index in [4.69, 9.17) is 15.2 Å². The number of aryl methyl sites for hydroxylation is 1. The van der Waals surface area contributed by atoms with E-state index in [9.17, 15) is 14.9 Å². The molecule has 0 unspecified atom stereocenters. The maximum atomic E-state index is 13.3. The predicted octanol–water partition coefficient (Wildman–Crippen LogP) is 2.53. The molecule has 0 radical (unpaired) electrons. The first-order valence-corrected chi connectivity index (χ1v) is 8.83. The molecule has 1 aromatic carbocycles. The predicted molar refractivity (Wildman–Crippen MR) is 98.0 cm³/mol. The summed E-state index contributed by atoms with van der Waals surface area (Å²) in [5.41, 5.74) is 6.20. The number of carbonyl (C=O) groups is 2. The van der Waals surface area contributed by atoms with Gasteiger partial charge in [0.25, 0.3) is 0 Å². The Kier molecular flexibility index (Phi) is 4.66. The molecule has 0 saturated heterocycles. The number of nitrogens with two attached hydrogens (primary N) is 1. The number of nitrogens with one attached hydrogen (secondary N) is 1. The maximum Gasteiger partial charge on any atom is 0.339 e. The molecule has 7 nitrogen and oxygen atoms in total. The van der Waals surface area contributed by atoms with Crippen LogP contribution in [0.3, 0.4) is 0 Å². The number of rotatable bonds is 4. The zero-order valence-corrected chi connectivity index (χ0v) is 15.5. The number of hydrogen-bond donors (Lipinski definition) is 2. The Bertz CT molecular complexity index is 939. The van der Waals surface area contributed by atoms with Crippen molar-refractivity contribution in [2.75, 3.05) is 11.9 Å². The van der Waals surface area contributed by atoms with Crippen molar-refractivity contribution in [3.8, 4) is 6.07 Å². The lowest BCUT2D eigenvalue weighted by Crippen LogP contribution is -2.46. The van der Waals surface area contributed by atoms with Crippen LogP contribution in [0.4, 0.5) is 5.69 Å². The van der Waals surface area contributed by atoms with E-state index in [1.54, 1.807) is 19.1 Å². The molecule has 3 N–H and O–H groups in total. The zero-order chi connectivity index (χ0) is 19.8. The van der Waals surface area contributed by atoms with Crippen LogP contribution in [0, 0.1) is 18.3 Å². The van der Waals surface area contributed by atoms with Crippen molar-refractivity contribution in [2.24, 2.45) is 5.73 Å². The van der Waals surface area contributed by atoms with Crippen molar-refractivity contribution in [2.45, 2.75) is 39.0 Å². The molecular formula is C20H21N3O4. The molecule has 2 heterocycles. The lowest BCUT2D eigenvalue weighted by molar-refractivity contribution is -0.140. The molecule has 1 spiro atoms. The Morgan fingerprint density at radius 1 is 1.41 bits per heavy atom. The van der Waals surface area contributed by atoms with Crippen molar-refractivity contribution in [1.29, 1.82) is 5.26 Å². The van der Waals surface area contributed by atoms with E-state index in [0.717, 1.165) is 5.56 Å². The molecule has 0 bridgehead atoms. The number of benzene rings is 1. The minimum absolute atomic E-state index is 0.0267. The van der Waals surface area contributed by atoms with E-state index >= 15 is 0 Å². The normalized spacial score (nSPS) is 20.9. The summed E-state index contributed by atoms with van der Waals surface area (Å²) in [6, 6.07) is 7.37. The Morgan fingerprint density at radius 2 is 2.15 bits per heavy atom. The number of fused-ring (bicyclic) bond motifs is 2. The van der Waals surface area contributed by atoms with Crippen molar-refractivity contribution < 1.29 is 19.1 Å². The molecule has 2 aliphatic rings. The summed E-state index contributed by atoms with van der Waals surface area (Å²) in [6.45, 7) is 5.59. The lowest BCUT2D eigenvalue weighted by Gasteiger charge is -2.34. The fraction of sp³-hybridized carbons (Fsp3) is 0.350. The van der Waals surface area contributed by atoms with Crippen LogP contribution < -0.4 is 11.1 Å². The number of hydrogen-bond acceptors (Lipinski definition) is 6. The average molecular weight is 367 g/mol. The van der Waals surface area contributed by atoms with Crippen LogP contribution >= 0.6 is 0 Å². The van der Waals surface area contributed by atoms with Gasteiger partial charge in [-0.25, -0.2) is 4.79 Å². The monoisotopic (exact) mass is 367 g/mol.